The predicted octanol–water partition coefficient (Wildman–Crippen LogP) is 1.43. The highest BCUT2D eigenvalue weighted by molar-refractivity contribution is 5.85. The molecule has 1 unspecified atom stereocenters. The van der Waals surface area contributed by atoms with Crippen molar-refractivity contribution in [2.45, 2.75) is 24.9 Å². The fraction of sp³-hybridized carbons (Fsp3) is 1.00. The van der Waals surface area contributed by atoms with Crippen LogP contribution < -0.4 is 5.73 Å². The van der Waals surface area contributed by atoms with Crippen LogP contribution in [0.3, 0.4) is 0 Å². The zero-order valence-corrected chi connectivity index (χ0v) is 7.74. The van der Waals surface area contributed by atoms with E-state index in [0.29, 0.717) is 0 Å². The maximum Gasteiger partial charge on any atom is 0.285 e. The molecule has 0 bridgehead atoms. The van der Waals surface area contributed by atoms with Gasteiger partial charge in [0, 0.05) is 7.11 Å². The SMILES string of the molecule is COC(C1CC1)C(F)(F)CN.Cl. The topological polar surface area (TPSA) is 35.2 Å². The summed E-state index contributed by atoms with van der Waals surface area (Å²) in [6.45, 7) is -0.623. The summed E-state index contributed by atoms with van der Waals surface area (Å²) in [7, 11) is 1.31. The van der Waals surface area contributed by atoms with Crippen molar-refractivity contribution < 1.29 is 13.5 Å². The van der Waals surface area contributed by atoms with Crippen LogP contribution in [0.15, 0.2) is 0 Å². The van der Waals surface area contributed by atoms with E-state index in [1.807, 2.05) is 0 Å². The monoisotopic (exact) mass is 201 g/mol. The van der Waals surface area contributed by atoms with Gasteiger partial charge in [-0.25, -0.2) is 8.78 Å². The summed E-state index contributed by atoms with van der Waals surface area (Å²) in [5.41, 5.74) is 4.92. The van der Waals surface area contributed by atoms with Crippen LogP contribution in [0, 0.1) is 5.92 Å². The molecule has 0 aliphatic heterocycles. The van der Waals surface area contributed by atoms with Gasteiger partial charge in [-0.05, 0) is 18.8 Å². The van der Waals surface area contributed by atoms with Crippen LogP contribution >= 0.6 is 12.4 Å². The van der Waals surface area contributed by atoms with Gasteiger partial charge in [0.05, 0.1) is 6.54 Å². The Bertz CT molecular complexity index is 141. The number of nitrogens with two attached hydrogens (primary N) is 1. The van der Waals surface area contributed by atoms with Gasteiger partial charge in [0.1, 0.15) is 6.10 Å². The first-order valence-corrected chi connectivity index (χ1v) is 3.72. The van der Waals surface area contributed by atoms with Crippen LogP contribution in [-0.4, -0.2) is 25.7 Å². The van der Waals surface area contributed by atoms with Crippen LogP contribution in [0.25, 0.3) is 0 Å². The minimum absolute atomic E-state index is 0. The second-order valence-electron chi connectivity index (χ2n) is 2.96. The molecule has 0 saturated heterocycles. The van der Waals surface area contributed by atoms with E-state index in [1.54, 1.807) is 0 Å². The van der Waals surface area contributed by atoms with Gasteiger partial charge in [-0.2, -0.15) is 0 Å². The molecule has 74 valence electrons. The van der Waals surface area contributed by atoms with Crippen molar-refractivity contribution in [1.82, 2.24) is 0 Å². The maximum absolute atomic E-state index is 12.9. The van der Waals surface area contributed by atoms with Crippen LogP contribution in [0.1, 0.15) is 12.8 Å². The molecule has 0 amide bonds. The van der Waals surface area contributed by atoms with E-state index in [0.717, 1.165) is 12.8 Å². The molecule has 0 aromatic carbocycles. The Hall–Kier alpha value is 0.0700. The summed E-state index contributed by atoms with van der Waals surface area (Å²) in [5, 5.41) is 0. The first kappa shape index (κ1) is 12.1. The van der Waals surface area contributed by atoms with Gasteiger partial charge >= 0.3 is 0 Å². The lowest BCUT2D eigenvalue weighted by atomic mass is 10.1. The molecular formula is C7H14ClF2NO. The van der Waals surface area contributed by atoms with E-state index in [1.165, 1.54) is 7.11 Å². The minimum atomic E-state index is -2.85. The smallest absolute Gasteiger partial charge is 0.285 e. The molecule has 2 N–H and O–H groups in total. The van der Waals surface area contributed by atoms with E-state index in [2.05, 4.69) is 0 Å². The Labute approximate surface area is 76.9 Å². The lowest BCUT2D eigenvalue weighted by Gasteiger charge is -2.23. The van der Waals surface area contributed by atoms with Crippen LogP contribution in [0.2, 0.25) is 0 Å². The fourth-order valence-corrected chi connectivity index (χ4v) is 1.22. The Morgan fingerprint density at radius 2 is 2.08 bits per heavy atom. The summed E-state index contributed by atoms with van der Waals surface area (Å²) in [6.07, 6.45) is 0.717. The molecule has 0 radical (unpaired) electrons. The van der Waals surface area contributed by atoms with E-state index in [-0.39, 0.29) is 18.3 Å². The highest BCUT2D eigenvalue weighted by atomic mass is 35.5. The Morgan fingerprint density at radius 1 is 1.58 bits per heavy atom. The third-order valence-corrected chi connectivity index (χ3v) is 1.99. The molecule has 1 saturated carbocycles. The number of ether oxygens (including phenoxy) is 1. The average molecular weight is 202 g/mol. The van der Waals surface area contributed by atoms with Gasteiger partial charge in [-0.3, -0.25) is 0 Å². The molecule has 12 heavy (non-hydrogen) atoms. The molecule has 0 spiro atoms. The number of alkyl halides is 2. The normalized spacial score (nSPS) is 20.0. The van der Waals surface area contributed by atoms with E-state index >= 15 is 0 Å². The zero-order chi connectivity index (χ0) is 8.48. The Kier molecular flexibility index (Phi) is 4.37. The third-order valence-electron chi connectivity index (χ3n) is 1.99. The molecule has 1 aliphatic rings. The van der Waals surface area contributed by atoms with Crippen molar-refractivity contribution >= 4 is 12.4 Å². The van der Waals surface area contributed by atoms with Crippen molar-refractivity contribution in [2.75, 3.05) is 13.7 Å². The number of hydrogen-bond acceptors (Lipinski definition) is 2. The Balaban J connectivity index is 0.00000121. The third kappa shape index (κ3) is 2.54. The summed E-state index contributed by atoms with van der Waals surface area (Å²) >= 11 is 0. The highest BCUT2D eigenvalue weighted by Crippen LogP contribution is 2.40. The van der Waals surface area contributed by atoms with Crippen LogP contribution in [-0.2, 0) is 4.74 Å². The maximum atomic E-state index is 12.9. The molecule has 1 aliphatic carbocycles. The van der Waals surface area contributed by atoms with Crippen molar-refractivity contribution in [3.8, 4) is 0 Å². The van der Waals surface area contributed by atoms with Gasteiger partial charge in [0.2, 0.25) is 0 Å². The van der Waals surface area contributed by atoms with Gasteiger partial charge in [0.15, 0.2) is 0 Å². The van der Waals surface area contributed by atoms with Gasteiger partial charge in [-0.1, -0.05) is 0 Å². The highest BCUT2D eigenvalue weighted by Gasteiger charge is 2.47. The summed E-state index contributed by atoms with van der Waals surface area (Å²) in [4.78, 5) is 0. The summed E-state index contributed by atoms with van der Waals surface area (Å²) < 4.78 is 30.4. The van der Waals surface area contributed by atoms with E-state index in [9.17, 15) is 8.78 Å². The largest absolute Gasteiger partial charge is 0.375 e. The van der Waals surface area contributed by atoms with Gasteiger partial charge in [-0.15, -0.1) is 12.4 Å². The van der Waals surface area contributed by atoms with Crippen molar-refractivity contribution in [3.05, 3.63) is 0 Å². The predicted molar refractivity (Wildman–Crippen MR) is 44.8 cm³/mol. The molecular weight excluding hydrogens is 188 g/mol. The molecule has 1 fully saturated rings. The lowest BCUT2D eigenvalue weighted by molar-refractivity contribution is -0.125. The fourth-order valence-electron chi connectivity index (χ4n) is 1.22. The molecule has 1 rings (SSSR count). The van der Waals surface area contributed by atoms with Crippen molar-refractivity contribution in [1.29, 1.82) is 0 Å². The van der Waals surface area contributed by atoms with Crippen molar-refractivity contribution in [2.24, 2.45) is 11.7 Å². The van der Waals surface area contributed by atoms with Gasteiger partial charge in [0.25, 0.3) is 5.92 Å². The van der Waals surface area contributed by atoms with E-state index in [4.69, 9.17) is 10.5 Å². The summed E-state index contributed by atoms with van der Waals surface area (Å²) in [6, 6.07) is 0. The molecule has 0 heterocycles. The molecule has 5 heteroatoms. The molecule has 0 aromatic heterocycles. The number of methoxy groups -OCH3 is 1. The quantitative estimate of drug-likeness (QED) is 0.747. The lowest BCUT2D eigenvalue weighted by Crippen LogP contribution is -2.43. The second-order valence-corrected chi connectivity index (χ2v) is 2.96. The van der Waals surface area contributed by atoms with Crippen molar-refractivity contribution in [3.63, 3.8) is 0 Å². The first-order chi connectivity index (χ1) is 5.11. The Morgan fingerprint density at radius 3 is 2.33 bits per heavy atom. The minimum Gasteiger partial charge on any atom is -0.375 e. The molecule has 1 atom stereocenters. The second kappa shape index (κ2) is 4.35. The van der Waals surface area contributed by atoms with Crippen LogP contribution in [0.5, 0.6) is 0 Å². The van der Waals surface area contributed by atoms with Crippen LogP contribution in [0.4, 0.5) is 8.78 Å². The summed E-state index contributed by atoms with van der Waals surface area (Å²) in [5.74, 6) is -2.82. The van der Waals surface area contributed by atoms with Gasteiger partial charge < -0.3 is 10.5 Å². The number of hydrogen-bond donors (Lipinski definition) is 1. The number of halogens is 3. The standard InChI is InChI=1S/C7H13F2NO.ClH/c1-11-6(5-2-3-5)7(8,9)4-10;/h5-6H,2-4,10H2,1H3;1H. The van der Waals surface area contributed by atoms with E-state index < -0.39 is 18.6 Å². The zero-order valence-electron chi connectivity index (χ0n) is 6.93. The first-order valence-electron chi connectivity index (χ1n) is 3.72. The average Bonchev–Trinajstić information content (AvgIpc) is 2.73. The molecule has 2 nitrogen and oxygen atoms in total. The molecule has 0 aromatic rings. The number of rotatable bonds is 4.